The molecular weight excluding hydrogens is 237 g/mol. The predicted octanol–water partition coefficient (Wildman–Crippen LogP) is 2.50. The van der Waals surface area contributed by atoms with Gasteiger partial charge in [-0.2, -0.15) is 0 Å². The monoisotopic (exact) mass is 257 g/mol. The highest BCUT2D eigenvalue weighted by Gasteiger charge is 2.32. The quantitative estimate of drug-likeness (QED) is 0.709. The van der Waals surface area contributed by atoms with E-state index < -0.39 is 13.4 Å². The van der Waals surface area contributed by atoms with Crippen LogP contribution in [0.3, 0.4) is 0 Å². The van der Waals surface area contributed by atoms with Crippen LogP contribution in [-0.4, -0.2) is 15.6 Å². The minimum atomic E-state index is -4.12. The van der Waals surface area contributed by atoms with E-state index in [-0.39, 0.29) is 12.0 Å². The number of benzene rings is 1. The fraction of sp³-hybridized carbons (Fsp3) is 0.500. The number of hydrogen-bond donors (Lipinski definition) is 3. The van der Waals surface area contributed by atoms with Gasteiger partial charge in [-0.3, -0.25) is 9.88 Å². The smallest absolute Gasteiger partial charge is 0.323 e. The fourth-order valence-corrected chi connectivity index (χ4v) is 2.97. The largest absolute Gasteiger partial charge is 0.342 e. The van der Waals surface area contributed by atoms with Crippen LogP contribution in [0, 0.1) is 5.92 Å². The van der Waals surface area contributed by atoms with E-state index in [0.29, 0.717) is 0 Å². The number of hydrogen-bond acceptors (Lipinski definition) is 2. The van der Waals surface area contributed by atoms with E-state index in [2.05, 4.69) is 5.32 Å². The summed E-state index contributed by atoms with van der Waals surface area (Å²) in [6.07, 6.45) is 0. The van der Waals surface area contributed by atoms with Crippen LogP contribution in [0.25, 0.3) is 0 Å². The van der Waals surface area contributed by atoms with Crippen molar-refractivity contribution in [3.8, 4) is 0 Å². The first-order valence-electron chi connectivity index (χ1n) is 5.68. The normalized spacial score (nSPS) is 15.9. The number of nitrogens with one attached hydrogen (secondary N) is 1. The molecule has 0 fully saturated rings. The molecule has 0 heterocycles. The maximum absolute atomic E-state index is 11.4. The summed E-state index contributed by atoms with van der Waals surface area (Å²) in [7, 11) is -4.12. The van der Waals surface area contributed by atoms with Gasteiger partial charge in [-0.25, -0.2) is 0 Å². The van der Waals surface area contributed by atoms with Crippen molar-refractivity contribution in [3.63, 3.8) is 0 Å². The molecule has 1 aromatic rings. The van der Waals surface area contributed by atoms with E-state index >= 15 is 0 Å². The second kappa shape index (κ2) is 5.78. The van der Waals surface area contributed by atoms with E-state index in [4.69, 9.17) is 0 Å². The molecule has 0 aliphatic rings. The standard InChI is InChI=1S/C12H20NO3P/c1-9(2)12(17(14,15)16)13-10(3)11-7-5-4-6-8-11/h4-10,12-13H,1-3H3,(H2,14,15,16)/t10-,12+/m1/s1. The Labute approximate surface area is 102 Å². The van der Waals surface area contributed by atoms with Gasteiger partial charge >= 0.3 is 7.60 Å². The summed E-state index contributed by atoms with van der Waals surface area (Å²) in [6.45, 7) is 5.50. The van der Waals surface area contributed by atoms with Gasteiger partial charge in [-0.1, -0.05) is 44.2 Å². The third-order valence-electron chi connectivity index (χ3n) is 2.71. The van der Waals surface area contributed by atoms with E-state index in [9.17, 15) is 14.4 Å². The molecule has 0 spiro atoms. The molecule has 1 rings (SSSR count). The van der Waals surface area contributed by atoms with E-state index in [1.54, 1.807) is 13.8 Å². The summed E-state index contributed by atoms with van der Waals surface area (Å²) < 4.78 is 11.4. The lowest BCUT2D eigenvalue weighted by Crippen LogP contribution is -2.35. The Balaban J connectivity index is 2.79. The van der Waals surface area contributed by atoms with Crippen molar-refractivity contribution in [2.45, 2.75) is 32.6 Å². The molecule has 0 aliphatic carbocycles. The SMILES string of the molecule is CC(C)[C@@H](N[C@H](C)c1ccccc1)P(=O)(O)O. The molecule has 5 heteroatoms. The molecule has 96 valence electrons. The molecule has 0 aromatic heterocycles. The van der Waals surface area contributed by atoms with Crippen molar-refractivity contribution < 1.29 is 14.4 Å². The van der Waals surface area contributed by atoms with Gasteiger partial charge in [0, 0.05) is 6.04 Å². The van der Waals surface area contributed by atoms with Crippen LogP contribution in [0.1, 0.15) is 32.4 Å². The molecule has 17 heavy (non-hydrogen) atoms. The van der Waals surface area contributed by atoms with Gasteiger partial charge in [0.25, 0.3) is 0 Å². The zero-order valence-corrected chi connectivity index (χ0v) is 11.3. The van der Waals surface area contributed by atoms with Crippen molar-refractivity contribution in [1.82, 2.24) is 5.32 Å². The van der Waals surface area contributed by atoms with Crippen molar-refractivity contribution in [1.29, 1.82) is 0 Å². The third-order valence-corrected chi connectivity index (χ3v) is 4.18. The minimum absolute atomic E-state index is 0.0868. The van der Waals surface area contributed by atoms with Crippen LogP contribution in [0.15, 0.2) is 30.3 Å². The molecule has 1 aromatic carbocycles. The molecule has 0 radical (unpaired) electrons. The zero-order chi connectivity index (χ0) is 13.1. The van der Waals surface area contributed by atoms with Crippen molar-refractivity contribution in [3.05, 3.63) is 35.9 Å². The molecule has 0 saturated carbocycles. The highest BCUT2D eigenvalue weighted by atomic mass is 31.2. The Bertz CT molecular complexity index is 388. The summed E-state index contributed by atoms with van der Waals surface area (Å²) in [6, 6.07) is 9.53. The third kappa shape index (κ3) is 4.25. The summed E-state index contributed by atoms with van der Waals surface area (Å²) in [4.78, 5) is 18.6. The highest BCUT2D eigenvalue weighted by molar-refractivity contribution is 7.52. The van der Waals surface area contributed by atoms with Gasteiger partial charge in [0.2, 0.25) is 0 Å². The molecule has 0 amide bonds. The van der Waals surface area contributed by atoms with Crippen molar-refractivity contribution in [2.75, 3.05) is 0 Å². The molecule has 0 saturated heterocycles. The Morgan fingerprint density at radius 1 is 1.12 bits per heavy atom. The van der Waals surface area contributed by atoms with Crippen LogP contribution in [-0.2, 0) is 4.57 Å². The maximum Gasteiger partial charge on any atom is 0.342 e. The van der Waals surface area contributed by atoms with Crippen LogP contribution in [0.2, 0.25) is 0 Å². The average molecular weight is 257 g/mol. The molecule has 2 atom stereocenters. The van der Waals surface area contributed by atoms with Crippen molar-refractivity contribution in [2.24, 2.45) is 5.92 Å². The average Bonchev–Trinajstić information content (AvgIpc) is 2.24. The zero-order valence-electron chi connectivity index (χ0n) is 10.4. The molecule has 0 aliphatic heterocycles. The van der Waals surface area contributed by atoms with E-state index in [1.165, 1.54) is 0 Å². The lowest BCUT2D eigenvalue weighted by Gasteiger charge is -2.27. The lowest BCUT2D eigenvalue weighted by molar-refractivity contribution is 0.314. The molecule has 3 N–H and O–H groups in total. The Morgan fingerprint density at radius 3 is 2.06 bits per heavy atom. The molecular formula is C12H20NO3P. The maximum atomic E-state index is 11.4. The van der Waals surface area contributed by atoms with Gasteiger partial charge in [0.15, 0.2) is 0 Å². The van der Waals surface area contributed by atoms with E-state index in [1.807, 2.05) is 37.3 Å². The summed E-state index contributed by atoms with van der Waals surface area (Å²) in [5.74, 6) is -0.931. The Hall–Kier alpha value is -0.670. The van der Waals surface area contributed by atoms with Crippen LogP contribution in [0.5, 0.6) is 0 Å². The second-order valence-electron chi connectivity index (χ2n) is 4.58. The van der Waals surface area contributed by atoms with Gasteiger partial charge in [0.05, 0.1) is 0 Å². The van der Waals surface area contributed by atoms with Gasteiger partial charge in [0.1, 0.15) is 5.78 Å². The molecule has 0 unspecified atom stereocenters. The van der Waals surface area contributed by atoms with Gasteiger partial charge < -0.3 is 9.79 Å². The summed E-state index contributed by atoms with van der Waals surface area (Å²) in [5.41, 5.74) is 1.02. The second-order valence-corrected chi connectivity index (χ2v) is 6.31. The van der Waals surface area contributed by atoms with Crippen molar-refractivity contribution >= 4 is 7.60 Å². The van der Waals surface area contributed by atoms with Crippen LogP contribution in [0.4, 0.5) is 0 Å². The van der Waals surface area contributed by atoms with Gasteiger partial charge in [-0.15, -0.1) is 0 Å². The van der Waals surface area contributed by atoms with Crippen LogP contribution < -0.4 is 5.32 Å². The Morgan fingerprint density at radius 2 is 1.65 bits per heavy atom. The number of rotatable bonds is 5. The summed E-state index contributed by atoms with van der Waals surface area (Å²) in [5, 5.41) is 3.01. The first-order chi connectivity index (χ1) is 7.82. The molecule has 0 bridgehead atoms. The van der Waals surface area contributed by atoms with E-state index in [0.717, 1.165) is 5.56 Å². The minimum Gasteiger partial charge on any atom is -0.323 e. The highest BCUT2D eigenvalue weighted by Crippen LogP contribution is 2.44. The first kappa shape index (κ1) is 14.4. The first-order valence-corrected chi connectivity index (χ1v) is 7.36. The van der Waals surface area contributed by atoms with Gasteiger partial charge in [-0.05, 0) is 18.4 Å². The fourth-order valence-electron chi connectivity index (χ4n) is 1.77. The predicted molar refractivity (Wildman–Crippen MR) is 68.7 cm³/mol. The Kier molecular flexibility index (Phi) is 4.90. The topological polar surface area (TPSA) is 69.6 Å². The van der Waals surface area contributed by atoms with Crippen LogP contribution >= 0.6 is 7.60 Å². The lowest BCUT2D eigenvalue weighted by atomic mass is 10.1. The molecule has 4 nitrogen and oxygen atoms in total. The summed E-state index contributed by atoms with van der Waals surface area (Å²) >= 11 is 0.